The molecule has 0 aliphatic carbocycles. The molecule has 1 heterocycles. The molecule has 72 valence electrons. The molecule has 0 radical (unpaired) electrons. The second-order valence-electron chi connectivity index (χ2n) is 2.86. The number of hydrogen-bond donors (Lipinski definition) is 0. The zero-order chi connectivity index (χ0) is 9.80. The van der Waals surface area contributed by atoms with Gasteiger partial charge in [0.05, 0.1) is 4.58 Å². The highest BCUT2D eigenvalue weighted by atomic mass is 32.2. The fourth-order valence-corrected chi connectivity index (χ4v) is 4.17. The van der Waals surface area contributed by atoms with Gasteiger partial charge in [0.2, 0.25) is 0 Å². The summed E-state index contributed by atoms with van der Waals surface area (Å²) in [6.45, 7) is 0. The fourth-order valence-electron chi connectivity index (χ4n) is 1.34. The van der Waals surface area contributed by atoms with Crippen molar-refractivity contribution in [2.45, 2.75) is 4.58 Å². The number of rotatable bonds is 2. The van der Waals surface area contributed by atoms with Crippen LogP contribution in [0.4, 0.5) is 5.69 Å². The second-order valence-corrected chi connectivity index (χ2v) is 5.58. The van der Waals surface area contributed by atoms with Gasteiger partial charge in [0.15, 0.2) is 0 Å². The van der Waals surface area contributed by atoms with Crippen LogP contribution in [0.25, 0.3) is 10.4 Å². The Morgan fingerprint density at radius 1 is 1.36 bits per heavy atom. The third kappa shape index (κ3) is 2.18. The average molecular weight is 223 g/mol. The summed E-state index contributed by atoms with van der Waals surface area (Å²) < 4.78 is 0.517. The van der Waals surface area contributed by atoms with Crippen molar-refractivity contribution in [3.05, 3.63) is 40.3 Å². The largest absolute Gasteiger partial charge is 0.142 e. The summed E-state index contributed by atoms with van der Waals surface area (Å²) in [5.41, 5.74) is 10.3. The molecule has 0 N–H and O–H groups in total. The quantitative estimate of drug-likeness (QED) is 0.430. The van der Waals surface area contributed by atoms with Crippen molar-refractivity contribution in [2.24, 2.45) is 5.11 Å². The van der Waals surface area contributed by atoms with E-state index in [2.05, 4.69) is 16.1 Å². The third-order valence-electron chi connectivity index (χ3n) is 1.92. The van der Waals surface area contributed by atoms with E-state index in [9.17, 15) is 0 Å². The maximum absolute atomic E-state index is 8.32. The Bertz CT molecular complexity index is 368. The topological polar surface area (TPSA) is 48.8 Å². The van der Waals surface area contributed by atoms with Crippen molar-refractivity contribution in [1.29, 1.82) is 0 Å². The first-order valence-corrected chi connectivity index (χ1v) is 6.38. The van der Waals surface area contributed by atoms with Gasteiger partial charge < -0.3 is 0 Å². The number of azide groups is 1. The molecule has 1 aliphatic rings. The van der Waals surface area contributed by atoms with E-state index in [0.29, 0.717) is 10.3 Å². The van der Waals surface area contributed by atoms with Crippen LogP contribution in [0.5, 0.6) is 0 Å². The molecule has 0 aromatic heterocycles. The molecular weight excluding hydrogens is 214 g/mol. The van der Waals surface area contributed by atoms with Gasteiger partial charge in [0, 0.05) is 22.1 Å². The Hall–Kier alpha value is -0.770. The molecule has 0 atom stereocenters. The van der Waals surface area contributed by atoms with Gasteiger partial charge in [0.25, 0.3) is 0 Å². The molecule has 3 nitrogen and oxygen atoms in total. The van der Waals surface area contributed by atoms with Crippen LogP contribution in [0.2, 0.25) is 0 Å². The molecule has 5 heteroatoms. The zero-order valence-corrected chi connectivity index (χ0v) is 9.09. The first-order chi connectivity index (χ1) is 6.90. The van der Waals surface area contributed by atoms with Gasteiger partial charge in [-0.15, -0.1) is 23.5 Å². The molecule has 0 saturated carbocycles. The maximum Gasteiger partial charge on any atom is 0.0752 e. The van der Waals surface area contributed by atoms with Crippen LogP contribution in [-0.2, 0) is 0 Å². The van der Waals surface area contributed by atoms with Crippen LogP contribution in [0.1, 0.15) is 10.1 Å². The molecule has 1 aromatic carbocycles. The van der Waals surface area contributed by atoms with Gasteiger partial charge >= 0.3 is 0 Å². The lowest BCUT2D eigenvalue weighted by atomic mass is 10.2. The Balaban J connectivity index is 2.24. The lowest BCUT2D eigenvalue weighted by Crippen LogP contribution is -1.82. The van der Waals surface area contributed by atoms with Gasteiger partial charge in [-0.25, -0.2) is 0 Å². The predicted molar refractivity (Wildman–Crippen MR) is 62.9 cm³/mol. The van der Waals surface area contributed by atoms with Gasteiger partial charge in [0.1, 0.15) is 0 Å². The predicted octanol–water partition coefficient (Wildman–Crippen LogP) is 4.11. The van der Waals surface area contributed by atoms with Crippen molar-refractivity contribution in [3.8, 4) is 0 Å². The molecule has 0 unspecified atom stereocenters. The Morgan fingerprint density at radius 2 is 2.14 bits per heavy atom. The molecule has 14 heavy (non-hydrogen) atoms. The van der Waals surface area contributed by atoms with Crippen molar-refractivity contribution in [1.82, 2.24) is 0 Å². The Kier molecular flexibility index (Phi) is 3.24. The molecule has 1 aromatic rings. The van der Waals surface area contributed by atoms with E-state index in [1.54, 1.807) is 0 Å². The van der Waals surface area contributed by atoms with Gasteiger partial charge in [-0.2, -0.15) is 0 Å². The van der Waals surface area contributed by atoms with Crippen LogP contribution in [0.3, 0.4) is 0 Å². The number of benzene rings is 1. The molecular formula is C9H9N3S2. The van der Waals surface area contributed by atoms with Crippen molar-refractivity contribution < 1.29 is 0 Å². The summed E-state index contributed by atoms with van der Waals surface area (Å²) in [5.74, 6) is 2.42. The number of thioether (sulfide) groups is 2. The molecule has 0 spiro atoms. The summed E-state index contributed by atoms with van der Waals surface area (Å²) in [6.07, 6.45) is 0. The normalized spacial score (nSPS) is 16.6. The zero-order valence-electron chi connectivity index (χ0n) is 7.46. The van der Waals surface area contributed by atoms with Gasteiger partial charge in [-0.3, -0.25) is 0 Å². The highest BCUT2D eigenvalue weighted by Crippen LogP contribution is 2.45. The molecule has 1 aliphatic heterocycles. The minimum atomic E-state index is 0.517. The molecule has 1 fully saturated rings. The minimum Gasteiger partial charge on any atom is -0.142 e. The summed E-state index contributed by atoms with van der Waals surface area (Å²) in [5, 5.41) is 3.60. The Morgan fingerprint density at radius 3 is 2.86 bits per heavy atom. The third-order valence-corrected chi connectivity index (χ3v) is 5.03. The molecule has 1 saturated heterocycles. The van der Waals surface area contributed by atoms with E-state index in [4.69, 9.17) is 5.53 Å². The van der Waals surface area contributed by atoms with E-state index in [0.717, 1.165) is 0 Å². The first kappa shape index (κ1) is 9.77. The van der Waals surface area contributed by atoms with E-state index in [1.165, 1.54) is 17.1 Å². The van der Waals surface area contributed by atoms with Crippen molar-refractivity contribution in [3.63, 3.8) is 0 Å². The van der Waals surface area contributed by atoms with Crippen molar-refractivity contribution >= 4 is 29.2 Å². The lowest BCUT2D eigenvalue weighted by Gasteiger charge is -2.07. The highest BCUT2D eigenvalue weighted by Gasteiger charge is 2.17. The average Bonchev–Trinajstić information content (AvgIpc) is 2.71. The number of nitrogens with zero attached hydrogens (tertiary/aromatic N) is 3. The standard InChI is InChI=1S/C9H9N3S2/c10-12-11-8-3-1-2-7(6-8)9-13-4-5-14-9/h1-3,6,9H,4-5H2. The molecule has 2 rings (SSSR count). The smallest absolute Gasteiger partial charge is 0.0752 e. The van der Waals surface area contributed by atoms with E-state index in [1.807, 2.05) is 41.7 Å². The van der Waals surface area contributed by atoms with Crippen molar-refractivity contribution in [2.75, 3.05) is 11.5 Å². The van der Waals surface area contributed by atoms with Crippen LogP contribution in [0.15, 0.2) is 29.4 Å². The molecule has 0 bridgehead atoms. The first-order valence-electron chi connectivity index (χ1n) is 4.28. The minimum absolute atomic E-state index is 0.517. The van der Waals surface area contributed by atoms with E-state index >= 15 is 0 Å². The lowest BCUT2D eigenvalue weighted by molar-refractivity contribution is 1.36. The monoisotopic (exact) mass is 223 g/mol. The van der Waals surface area contributed by atoms with E-state index < -0.39 is 0 Å². The summed E-state index contributed by atoms with van der Waals surface area (Å²) in [6, 6.07) is 7.83. The van der Waals surface area contributed by atoms with Gasteiger partial charge in [-0.1, -0.05) is 23.3 Å². The molecule has 0 amide bonds. The summed E-state index contributed by atoms with van der Waals surface area (Å²) in [4.78, 5) is 2.79. The highest BCUT2D eigenvalue weighted by molar-refractivity contribution is 8.19. The summed E-state index contributed by atoms with van der Waals surface area (Å²) in [7, 11) is 0. The summed E-state index contributed by atoms with van der Waals surface area (Å²) >= 11 is 3.90. The van der Waals surface area contributed by atoms with Gasteiger partial charge in [-0.05, 0) is 17.2 Å². The Labute approximate surface area is 90.9 Å². The van der Waals surface area contributed by atoms with Crippen LogP contribution < -0.4 is 0 Å². The van der Waals surface area contributed by atoms with Crippen LogP contribution in [0, 0.1) is 0 Å². The maximum atomic E-state index is 8.32. The van der Waals surface area contributed by atoms with Crippen LogP contribution >= 0.6 is 23.5 Å². The SMILES string of the molecule is [N-]=[N+]=Nc1cccc(C2SCCS2)c1. The number of hydrogen-bond acceptors (Lipinski definition) is 3. The fraction of sp³-hybridized carbons (Fsp3) is 0.333. The van der Waals surface area contributed by atoms with Crippen LogP contribution in [-0.4, -0.2) is 11.5 Å². The second kappa shape index (κ2) is 4.64. The van der Waals surface area contributed by atoms with E-state index in [-0.39, 0.29) is 0 Å².